The third-order valence-electron chi connectivity index (χ3n) is 4.52. The highest BCUT2D eigenvalue weighted by molar-refractivity contribution is 14.0. The predicted molar refractivity (Wildman–Crippen MR) is 122 cm³/mol. The summed E-state index contributed by atoms with van der Waals surface area (Å²) in [5.41, 5.74) is 1.19. The zero-order valence-corrected chi connectivity index (χ0v) is 18.4. The standard InChI is InChI=1S/C20H25N5O2.HI/c1-3-21-19(22-11-12-25-18(26)13-23-20(25)27)24-14(2)16-10-6-8-15-7-4-5-9-17(15)16;/h4-10,14H,3,11-13H2,1-2H3,(H,23,27)(H2,21,22,24);1H. The number of halogens is 1. The Balaban J connectivity index is 0.00000280. The molecule has 1 fully saturated rings. The highest BCUT2D eigenvalue weighted by Crippen LogP contribution is 2.23. The summed E-state index contributed by atoms with van der Waals surface area (Å²) in [6.07, 6.45) is 0. The second-order valence-electron chi connectivity index (χ2n) is 6.40. The lowest BCUT2D eigenvalue weighted by Gasteiger charge is -2.20. The maximum Gasteiger partial charge on any atom is 0.324 e. The van der Waals surface area contributed by atoms with Crippen LogP contribution in [0.1, 0.15) is 25.5 Å². The number of nitrogens with one attached hydrogen (secondary N) is 3. The first-order chi connectivity index (χ1) is 13.1. The second kappa shape index (κ2) is 10.3. The molecule has 2 aromatic carbocycles. The van der Waals surface area contributed by atoms with E-state index in [1.54, 1.807) is 0 Å². The number of carbonyl (C=O) groups excluding carboxylic acids is 2. The minimum Gasteiger partial charge on any atom is -0.357 e. The molecule has 1 unspecified atom stereocenters. The van der Waals surface area contributed by atoms with E-state index < -0.39 is 0 Å². The van der Waals surface area contributed by atoms with Crippen molar-refractivity contribution in [2.24, 2.45) is 4.99 Å². The van der Waals surface area contributed by atoms with E-state index in [2.05, 4.69) is 58.2 Å². The van der Waals surface area contributed by atoms with E-state index in [1.165, 1.54) is 21.2 Å². The second-order valence-corrected chi connectivity index (χ2v) is 6.40. The normalized spacial score (nSPS) is 15.2. The monoisotopic (exact) mass is 495 g/mol. The number of nitrogens with zero attached hydrogens (tertiary/aromatic N) is 2. The fourth-order valence-corrected chi connectivity index (χ4v) is 3.17. The van der Waals surface area contributed by atoms with Gasteiger partial charge in [-0.15, -0.1) is 24.0 Å². The van der Waals surface area contributed by atoms with E-state index in [-0.39, 0.29) is 55.0 Å². The molecule has 28 heavy (non-hydrogen) atoms. The van der Waals surface area contributed by atoms with Crippen molar-refractivity contribution in [2.75, 3.05) is 26.2 Å². The van der Waals surface area contributed by atoms with Crippen molar-refractivity contribution >= 4 is 52.6 Å². The highest BCUT2D eigenvalue weighted by Gasteiger charge is 2.27. The van der Waals surface area contributed by atoms with Crippen molar-refractivity contribution in [3.63, 3.8) is 0 Å². The summed E-state index contributed by atoms with van der Waals surface area (Å²) < 4.78 is 0. The van der Waals surface area contributed by atoms with E-state index in [0.29, 0.717) is 12.5 Å². The molecule has 150 valence electrons. The van der Waals surface area contributed by atoms with Gasteiger partial charge < -0.3 is 16.0 Å². The minimum absolute atomic E-state index is 0. The number of guanidine groups is 1. The molecule has 7 nitrogen and oxygen atoms in total. The molecular formula is C20H26IN5O2. The van der Waals surface area contributed by atoms with Crippen LogP contribution in [-0.4, -0.2) is 49.0 Å². The topological polar surface area (TPSA) is 85.8 Å². The van der Waals surface area contributed by atoms with Gasteiger partial charge in [0.1, 0.15) is 0 Å². The molecule has 2 aromatic rings. The molecule has 1 aliphatic rings. The Morgan fingerprint density at radius 3 is 2.68 bits per heavy atom. The molecule has 0 bridgehead atoms. The minimum atomic E-state index is -0.350. The van der Waals surface area contributed by atoms with Gasteiger partial charge in [0.15, 0.2) is 5.96 Å². The van der Waals surface area contributed by atoms with E-state index in [1.807, 2.05) is 19.1 Å². The summed E-state index contributed by atoms with van der Waals surface area (Å²) >= 11 is 0. The molecule has 8 heteroatoms. The molecule has 3 N–H and O–H groups in total. The number of urea groups is 1. The number of hydrogen-bond acceptors (Lipinski definition) is 3. The first-order valence-corrected chi connectivity index (χ1v) is 9.21. The molecule has 1 heterocycles. The SMILES string of the molecule is CCNC(=NCCN1C(=O)CNC1=O)NC(C)c1cccc2ccccc12.I. The maximum absolute atomic E-state index is 11.6. The van der Waals surface area contributed by atoms with Crippen molar-refractivity contribution in [3.8, 4) is 0 Å². The zero-order valence-electron chi connectivity index (χ0n) is 16.1. The molecule has 0 saturated carbocycles. The predicted octanol–water partition coefficient (Wildman–Crippen LogP) is 2.63. The van der Waals surface area contributed by atoms with Gasteiger partial charge in [-0.2, -0.15) is 0 Å². The van der Waals surface area contributed by atoms with Gasteiger partial charge >= 0.3 is 6.03 Å². The van der Waals surface area contributed by atoms with Crippen LogP contribution in [0.25, 0.3) is 10.8 Å². The van der Waals surface area contributed by atoms with Gasteiger partial charge in [-0.05, 0) is 30.2 Å². The van der Waals surface area contributed by atoms with Crippen LogP contribution >= 0.6 is 24.0 Å². The lowest BCUT2D eigenvalue weighted by molar-refractivity contribution is -0.124. The van der Waals surface area contributed by atoms with Crippen LogP contribution in [0.3, 0.4) is 0 Å². The molecule has 0 spiro atoms. The van der Waals surface area contributed by atoms with Gasteiger partial charge in [0.2, 0.25) is 5.91 Å². The van der Waals surface area contributed by atoms with Crippen molar-refractivity contribution in [2.45, 2.75) is 19.9 Å². The number of aliphatic imine (C=N–C) groups is 1. The molecule has 3 rings (SSSR count). The number of carbonyl (C=O) groups is 2. The number of imide groups is 1. The van der Waals surface area contributed by atoms with Crippen LogP contribution in [0.5, 0.6) is 0 Å². The summed E-state index contributed by atoms with van der Waals surface area (Å²) in [5.74, 6) is 0.447. The Morgan fingerprint density at radius 2 is 1.96 bits per heavy atom. The average molecular weight is 495 g/mol. The maximum atomic E-state index is 11.6. The summed E-state index contributed by atoms with van der Waals surface area (Å²) in [6.45, 7) is 5.49. The van der Waals surface area contributed by atoms with Crippen molar-refractivity contribution in [1.29, 1.82) is 0 Å². The molecule has 1 saturated heterocycles. The van der Waals surface area contributed by atoms with E-state index in [4.69, 9.17) is 0 Å². The molecule has 1 aliphatic heterocycles. The molecule has 3 amide bonds. The van der Waals surface area contributed by atoms with Crippen LogP contribution in [0, 0.1) is 0 Å². The Morgan fingerprint density at radius 1 is 1.21 bits per heavy atom. The number of amides is 3. The van der Waals surface area contributed by atoms with Crippen LogP contribution in [-0.2, 0) is 4.79 Å². The number of benzene rings is 2. The third kappa shape index (κ3) is 5.12. The third-order valence-corrected chi connectivity index (χ3v) is 4.52. The lowest BCUT2D eigenvalue weighted by atomic mass is 10.00. The first kappa shape index (κ1) is 21.9. The molecule has 0 radical (unpaired) electrons. The quantitative estimate of drug-likeness (QED) is 0.249. The highest BCUT2D eigenvalue weighted by atomic mass is 127. The van der Waals surface area contributed by atoms with Crippen molar-refractivity contribution in [1.82, 2.24) is 20.9 Å². The Hall–Kier alpha value is -2.36. The van der Waals surface area contributed by atoms with Crippen LogP contribution < -0.4 is 16.0 Å². The van der Waals surface area contributed by atoms with Gasteiger partial charge in [-0.1, -0.05) is 42.5 Å². The van der Waals surface area contributed by atoms with E-state index in [9.17, 15) is 9.59 Å². The van der Waals surface area contributed by atoms with Gasteiger partial charge in [-0.3, -0.25) is 14.7 Å². The van der Waals surface area contributed by atoms with E-state index >= 15 is 0 Å². The smallest absolute Gasteiger partial charge is 0.324 e. The van der Waals surface area contributed by atoms with Gasteiger partial charge in [-0.25, -0.2) is 4.79 Å². The molecule has 0 aliphatic carbocycles. The summed E-state index contributed by atoms with van der Waals surface area (Å²) in [7, 11) is 0. The van der Waals surface area contributed by atoms with E-state index in [0.717, 1.165) is 6.54 Å². The summed E-state index contributed by atoms with van der Waals surface area (Å²) in [5, 5.41) is 11.5. The van der Waals surface area contributed by atoms with Gasteiger partial charge in [0.05, 0.1) is 25.7 Å². The fourth-order valence-electron chi connectivity index (χ4n) is 3.17. The summed E-state index contributed by atoms with van der Waals surface area (Å²) in [4.78, 5) is 28.9. The average Bonchev–Trinajstić information content (AvgIpc) is 2.99. The zero-order chi connectivity index (χ0) is 19.2. The Labute approximate surface area is 182 Å². The number of rotatable bonds is 6. The fraction of sp³-hybridized carbons (Fsp3) is 0.350. The van der Waals surface area contributed by atoms with Crippen molar-refractivity contribution < 1.29 is 9.59 Å². The Kier molecular flexibility index (Phi) is 8.04. The molecule has 0 aromatic heterocycles. The largest absolute Gasteiger partial charge is 0.357 e. The van der Waals surface area contributed by atoms with Gasteiger partial charge in [0, 0.05) is 6.54 Å². The van der Waals surface area contributed by atoms with Gasteiger partial charge in [0.25, 0.3) is 0 Å². The molecule has 1 atom stereocenters. The summed E-state index contributed by atoms with van der Waals surface area (Å²) in [6, 6.07) is 14.2. The first-order valence-electron chi connectivity index (χ1n) is 9.21. The number of hydrogen-bond donors (Lipinski definition) is 3. The van der Waals surface area contributed by atoms with Crippen LogP contribution in [0.15, 0.2) is 47.5 Å². The van der Waals surface area contributed by atoms with Crippen LogP contribution in [0.2, 0.25) is 0 Å². The molecular weight excluding hydrogens is 469 g/mol. The van der Waals surface area contributed by atoms with Crippen LogP contribution in [0.4, 0.5) is 4.79 Å². The number of fused-ring (bicyclic) bond motifs is 1. The van der Waals surface area contributed by atoms with Crippen molar-refractivity contribution in [3.05, 3.63) is 48.0 Å². The Bertz CT molecular complexity index is 849. The lowest BCUT2D eigenvalue weighted by Crippen LogP contribution is -2.40.